The number of Topliss-reactive ketones (excluding diaryl/α,β-unsaturated/α-hetero) is 1. The summed E-state index contributed by atoms with van der Waals surface area (Å²) in [7, 11) is 0. The predicted molar refractivity (Wildman–Crippen MR) is 128 cm³/mol. The van der Waals surface area contributed by atoms with Crippen molar-refractivity contribution >= 4 is 40.7 Å². The minimum atomic E-state index is -0.487. The number of nitrogens with zero attached hydrogens (tertiary/aromatic N) is 3. The Morgan fingerprint density at radius 1 is 1.06 bits per heavy atom. The van der Waals surface area contributed by atoms with E-state index in [0.717, 1.165) is 5.69 Å². The maximum atomic E-state index is 13.2. The molecule has 0 aliphatic carbocycles. The van der Waals surface area contributed by atoms with Crippen molar-refractivity contribution in [1.82, 2.24) is 14.8 Å². The van der Waals surface area contributed by atoms with Crippen LogP contribution in [0, 0.1) is 5.82 Å². The number of ether oxygens (including phenoxy) is 1. The maximum absolute atomic E-state index is 13.2. The fourth-order valence-corrected chi connectivity index (χ4v) is 4.51. The van der Waals surface area contributed by atoms with Gasteiger partial charge >= 0.3 is 0 Å². The normalized spacial score (nSPS) is 11.9. The minimum Gasteiger partial charge on any atom is -0.483 e. The quantitative estimate of drug-likeness (QED) is 0.195. The SMILES string of the molecule is CC(Oc1ccc(F)cc1)c1nnc(SCC(=O)c2ccc(Cl)cc2Cl)n1-c1ccccc1. The van der Waals surface area contributed by atoms with Crippen LogP contribution in [-0.4, -0.2) is 26.3 Å². The molecule has 4 rings (SSSR count). The zero-order valence-electron chi connectivity index (χ0n) is 17.4. The Morgan fingerprint density at radius 2 is 1.79 bits per heavy atom. The molecule has 0 aliphatic heterocycles. The van der Waals surface area contributed by atoms with E-state index in [1.165, 1.54) is 23.9 Å². The third-order valence-corrected chi connectivity index (χ3v) is 6.20. The Labute approximate surface area is 204 Å². The van der Waals surface area contributed by atoms with E-state index in [0.29, 0.717) is 32.3 Å². The summed E-state index contributed by atoms with van der Waals surface area (Å²) < 4.78 is 21.0. The maximum Gasteiger partial charge on any atom is 0.196 e. The summed E-state index contributed by atoms with van der Waals surface area (Å²) in [6, 6.07) is 20.1. The van der Waals surface area contributed by atoms with Crippen molar-refractivity contribution < 1.29 is 13.9 Å². The van der Waals surface area contributed by atoms with E-state index in [-0.39, 0.29) is 17.4 Å². The largest absolute Gasteiger partial charge is 0.483 e. The molecule has 1 unspecified atom stereocenters. The summed E-state index contributed by atoms with van der Waals surface area (Å²) in [5.41, 5.74) is 1.22. The highest BCUT2D eigenvalue weighted by molar-refractivity contribution is 7.99. The second kappa shape index (κ2) is 10.4. The molecular formula is C24H18Cl2FN3O2S. The van der Waals surface area contributed by atoms with Crippen molar-refractivity contribution in [1.29, 1.82) is 0 Å². The lowest BCUT2D eigenvalue weighted by Crippen LogP contribution is -2.12. The highest BCUT2D eigenvalue weighted by Gasteiger charge is 2.22. The van der Waals surface area contributed by atoms with Crippen molar-refractivity contribution in [3.63, 3.8) is 0 Å². The molecule has 4 aromatic rings. The molecule has 0 spiro atoms. The lowest BCUT2D eigenvalue weighted by molar-refractivity contribution is 0.102. The molecule has 0 radical (unpaired) electrons. The Balaban J connectivity index is 1.59. The van der Waals surface area contributed by atoms with E-state index in [2.05, 4.69) is 10.2 Å². The Morgan fingerprint density at radius 3 is 2.48 bits per heavy atom. The lowest BCUT2D eigenvalue weighted by Gasteiger charge is -2.16. The van der Waals surface area contributed by atoms with Crippen molar-refractivity contribution in [2.24, 2.45) is 0 Å². The van der Waals surface area contributed by atoms with Gasteiger partial charge in [0.15, 0.2) is 22.9 Å². The number of rotatable bonds is 8. The summed E-state index contributed by atoms with van der Waals surface area (Å²) in [5, 5.41) is 9.93. The molecule has 0 amide bonds. The number of ketones is 1. The number of benzene rings is 3. The molecule has 5 nitrogen and oxygen atoms in total. The Kier molecular flexibility index (Phi) is 7.33. The van der Waals surface area contributed by atoms with Gasteiger partial charge in [0.2, 0.25) is 0 Å². The molecule has 3 aromatic carbocycles. The number of carbonyl (C=O) groups excluding carboxylic acids is 1. The van der Waals surface area contributed by atoms with Gasteiger partial charge in [0.1, 0.15) is 11.6 Å². The van der Waals surface area contributed by atoms with Gasteiger partial charge in [-0.3, -0.25) is 9.36 Å². The van der Waals surface area contributed by atoms with Crippen LogP contribution >= 0.6 is 35.0 Å². The number of carbonyl (C=O) groups is 1. The van der Waals surface area contributed by atoms with Crippen LogP contribution in [-0.2, 0) is 0 Å². The number of aromatic nitrogens is 3. The first kappa shape index (κ1) is 23.3. The monoisotopic (exact) mass is 501 g/mol. The summed E-state index contributed by atoms with van der Waals surface area (Å²) in [4.78, 5) is 12.7. The van der Waals surface area contributed by atoms with Gasteiger partial charge < -0.3 is 4.74 Å². The van der Waals surface area contributed by atoms with Crippen molar-refractivity contribution in [3.05, 3.63) is 100 Å². The molecule has 1 aromatic heterocycles. The Hall–Kier alpha value is -2.87. The van der Waals surface area contributed by atoms with E-state index in [1.807, 2.05) is 41.8 Å². The molecule has 0 bridgehead atoms. The number of halogens is 3. The first-order valence-corrected chi connectivity index (χ1v) is 11.7. The molecule has 0 N–H and O–H groups in total. The smallest absolute Gasteiger partial charge is 0.196 e. The van der Waals surface area contributed by atoms with Crippen LogP contribution in [0.3, 0.4) is 0 Å². The first-order valence-electron chi connectivity index (χ1n) is 9.96. The van der Waals surface area contributed by atoms with E-state index < -0.39 is 6.10 Å². The highest BCUT2D eigenvalue weighted by Crippen LogP contribution is 2.29. The number of para-hydroxylation sites is 1. The van der Waals surface area contributed by atoms with Gasteiger partial charge in [-0.1, -0.05) is 53.2 Å². The van der Waals surface area contributed by atoms with Gasteiger partial charge in [0.05, 0.1) is 10.8 Å². The van der Waals surface area contributed by atoms with Crippen LogP contribution in [0.25, 0.3) is 5.69 Å². The third kappa shape index (κ3) is 5.55. The van der Waals surface area contributed by atoms with Crippen molar-refractivity contribution in [3.8, 4) is 11.4 Å². The predicted octanol–water partition coefficient (Wildman–Crippen LogP) is 6.83. The van der Waals surface area contributed by atoms with Gasteiger partial charge in [-0.25, -0.2) is 4.39 Å². The minimum absolute atomic E-state index is 0.111. The molecule has 168 valence electrons. The summed E-state index contributed by atoms with van der Waals surface area (Å²) in [6.45, 7) is 1.83. The zero-order chi connectivity index (χ0) is 23.4. The van der Waals surface area contributed by atoms with E-state index in [4.69, 9.17) is 27.9 Å². The van der Waals surface area contributed by atoms with E-state index in [1.54, 1.807) is 30.3 Å². The number of hydrogen-bond donors (Lipinski definition) is 0. The average molecular weight is 502 g/mol. The van der Waals surface area contributed by atoms with Gasteiger partial charge in [0, 0.05) is 16.3 Å². The van der Waals surface area contributed by atoms with Crippen LogP contribution in [0.5, 0.6) is 5.75 Å². The molecular weight excluding hydrogens is 484 g/mol. The average Bonchev–Trinajstić information content (AvgIpc) is 3.24. The molecule has 33 heavy (non-hydrogen) atoms. The third-order valence-electron chi connectivity index (χ3n) is 4.73. The molecule has 0 saturated carbocycles. The van der Waals surface area contributed by atoms with Crippen LogP contribution in [0.2, 0.25) is 10.0 Å². The van der Waals surface area contributed by atoms with Gasteiger partial charge in [-0.2, -0.15) is 0 Å². The van der Waals surface area contributed by atoms with E-state index in [9.17, 15) is 9.18 Å². The number of thioether (sulfide) groups is 1. The molecule has 1 heterocycles. The van der Waals surface area contributed by atoms with Crippen LogP contribution in [0.4, 0.5) is 4.39 Å². The zero-order valence-corrected chi connectivity index (χ0v) is 19.7. The molecule has 0 saturated heterocycles. The topological polar surface area (TPSA) is 57.0 Å². The van der Waals surface area contributed by atoms with Crippen LogP contribution in [0.1, 0.15) is 29.2 Å². The summed E-state index contributed by atoms with van der Waals surface area (Å²) in [5.74, 6) is 0.672. The molecule has 9 heteroatoms. The first-order chi connectivity index (χ1) is 15.9. The van der Waals surface area contributed by atoms with Crippen molar-refractivity contribution in [2.75, 3.05) is 5.75 Å². The summed E-state index contributed by atoms with van der Waals surface area (Å²) >= 11 is 13.4. The van der Waals surface area contributed by atoms with Gasteiger partial charge in [-0.05, 0) is 61.5 Å². The van der Waals surface area contributed by atoms with Crippen LogP contribution in [0.15, 0.2) is 78.0 Å². The second-order valence-electron chi connectivity index (χ2n) is 7.06. The molecule has 0 aliphatic rings. The molecule has 0 fully saturated rings. The van der Waals surface area contributed by atoms with Gasteiger partial charge in [-0.15, -0.1) is 10.2 Å². The number of hydrogen-bond acceptors (Lipinski definition) is 5. The van der Waals surface area contributed by atoms with E-state index >= 15 is 0 Å². The standard InChI is InChI=1S/C24H18Cl2FN3O2S/c1-15(32-19-10-8-17(27)9-11-19)23-28-29-24(30(23)18-5-3-2-4-6-18)33-14-22(31)20-12-7-16(25)13-21(20)26/h2-13,15H,14H2,1H3. The lowest BCUT2D eigenvalue weighted by atomic mass is 10.1. The van der Waals surface area contributed by atoms with Gasteiger partial charge in [0.25, 0.3) is 0 Å². The Bertz CT molecular complexity index is 1270. The summed E-state index contributed by atoms with van der Waals surface area (Å²) in [6.07, 6.45) is -0.487. The van der Waals surface area contributed by atoms with Crippen LogP contribution < -0.4 is 4.74 Å². The second-order valence-corrected chi connectivity index (χ2v) is 8.85. The van der Waals surface area contributed by atoms with Crippen molar-refractivity contribution in [2.45, 2.75) is 18.2 Å². The highest BCUT2D eigenvalue weighted by atomic mass is 35.5. The molecule has 1 atom stereocenters. The fraction of sp³-hybridized carbons (Fsp3) is 0.125. The fourth-order valence-electron chi connectivity index (χ4n) is 3.15.